The molecule has 0 spiro atoms. The minimum absolute atomic E-state index is 0. The largest absolute Gasteiger partial charge is 0.493 e. The molecule has 5 nitrogen and oxygen atoms in total. The first-order chi connectivity index (χ1) is 11.4. The molecular formula is C19H25ClN2O3. The molecule has 1 amide bonds. The summed E-state index contributed by atoms with van der Waals surface area (Å²) < 4.78 is 11.1. The summed E-state index contributed by atoms with van der Waals surface area (Å²) in [5.41, 5.74) is 5.87. The summed E-state index contributed by atoms with van der Waals surface area (Å²) in [5.74, 6) is 1.05. The van der Waals surface area contributed by atoms with Crippen molar-refractivity contribution in [1.82, 2.24) is 5.32 Å². The molecule has 2 atom stereocenters. The number of amides is 1. The molecule has 0 bridgehead atoms. The Morgan fingerprint density at radius 3 is 2.28 bits per heavy atom. The maximum atomic E-state index is 12.4. The number of ether oxygens (including phenoxy) is 2. The molecule has 0 aliphatic heterocycles. The lowest BCUT2D eigenvalue weighted by Gasteiger charge is -2.25. The van der Waals surface area contributed by atoms with Gasteiger partial charge in [0.25, 0.3) is 0 Å². The van der Waals surface area contributed by atoms with Crippen molar-refractivity contribution in [2.45, 2.75) is 25.5 Å². The first-order valence-electron chi connectivity index (χ1n) is 7.87. The van der Waals surface area contributed by atoms with Crippen LogP contribution in [0.15, 0.2) is 54.6 Å². The zero-order valence-corrected chi connectivity index (χ0v) is 15.5. The fourth-order valence-corrected chi connectivity index (χ4v) is 2.31. The monoisotopic (exact) mass is 364 g/mol. The zero-order chi connectivity index (χ0) is 17.6. The summed E-state index contributed by atoms with van der Waals surface area (Å²) in [6.07, 6.45) is -0.225. The van der Waals surface area contributed by atoms with Crippen molar-refractivity contribution in [2.75, 3.05) is 13.7 Å². The molecule has 3 N–H and O–H groups in total. The van der Waals surface area contributed by atoms with E-state index in [0.29, 0.717) is 18.0 Å². The zero-order valence-electron chi connectivity index (χ0n) is 14.7. The number of halogens is 1. The van der Waals surface area contributed by atoms with Gasteiger partial charge in [-0.3, -0.25) is 4.79 Å². The number of hydrogen-bond acceptors (Lipinski definition) is 4. The van der Waals surface area contributed by atoms with E-state index in [1.165, 1.54) is 0 Å². The molecule has 2 rings (SSSR count). The van der Waals surface area contributed by atoms with Crippen LogP contribution in [0.1, 0.15) is 19.4 Å². The van der Waals surface area contributed by atoms with E-state index in [-0.39, 0.29) is 24.4 Å². The first kappa shape index (κ1) is 20.8. The van der Waals surface area contributed by atoms with Crippen molar-refractivity contribution in [2.24, 2.45) is 5.73 Å². The standard InChI is InChI=1S/C19H24N2O3.ClH/c1-14(24-17-12-8-7-11-16(17)23-3)13-21-18(22)19(2,20)15-9-5-4-6-10-15;/h4-12,14H,13,20H2,1-3H3,(H,21,22);1H. The molecule has 0 fully saturated rings. The maximum Gasteiger partial charge on any atom is 0.244 e. The van der Waals surface area contributed by atoms with Crippen LogP contribution in [0.5, 0.6) is 11.5 Å². The number of nitrogens with two attached hydrogens (primary N) is 1. The van der Waals surface area contributed by atoms with E-state index in [0.717, 1.165) is 5.56 Å². The summed E-state index contributed by atoms with van der Waals surface area (Å²) in [6, 6.07) is 16.7. The number of carbonyl (C=O) groups excluding carboxylic acids is 1. The van der Waals surface area contributed by atoms with Crippen LogP contribution >= 0.6 is 12.4 Å². The lowest BCUT2D eigenvalue weighted by Crippen LogP contribution is -2.50. The van der Waals surface area contributed by atoms with Crippen LogP contribution in [-0.4, -0.2) is 25.7 Å². The number of methoxy groups -OCH3 is 1. The summed E-state index contributed by atoms with van der Waals surface area (Å²) in [7, 11) is 1.59. The molecule has 6 heteroatoms. The van der Waals surface area contributed by atoms with Crippen LogP contribution in [0.2, 0.25) is 0 Å². The minimum Gasteiger partial charge on any atom is -0.493 e. The Morgan fingerprint density at radius 1 is 1.12 bits per heavy atom. The Bertz CT molecular complexity index is 677. The lowest BCUT2D eigenvalue weighted by molar-refractivity contribution is -0.126. The van der Waals surface area contributed by atoms with Crippen LogP contribution in [-0.2, 0) is 10.3 Å². The second kappa shape index (κ2) is 9.30. The highest BCUT2D eigenvalue weighted by Gasteiger charge is 2.30. The molecule has 0 aliphatic carbocycles. The number of para-hydroxylation sites is 2. The molecule has 0 heterocycles. The summed E-state index contributed by atoms with van der Waals surface area (Å²) in [5, 5.41) is 2.85. The first-order valence-corrected chi connectivity index (χ1v) is 7.87. The molecule has 2 aromatic rings. The Labute approximate surface area is 154 Å². The van der Waals surface area contributed by atoms with Gasteiger partial charge in [0, 0.05) is 0 Å². The van der Waals surface area contributed by atoms with Gasteiger partial charge in [-0.1, -0.05) is 42.5 Å². The topological polar surface area (TPSA) is 73.6 Å². The van der Waals surface area contributed by atoms with Gasteiger partial charge in [-0.15, -0.1) is 12.4 Å². The molecule has 2 aromatic carbocycles. The van der Waals surface area contributed by atoms with Crippen molar-refractivity contribution < 1.29 is 14.3 Å². The molecule has 0 saturated heterocycles. The van der Waals surface area contributed by atoms with E-state index in [2.05, 4.69) is 5.32 Å². The van der Waals surface area contributed by atoms with Gasteiger partial charge in [0.15, 0.2) is 11.5 Å². The molecular weight excluding hydrogens is 340 g/mol. The summed E-state index contributed by atoms with van der Waals surface area (Å²) in [6.45, 7) is 3.92. The van der Waals surface area contributed by atoms with Crippen LogP contribution in [0.4, 0.5) is 0 Å². The van der Waals surface area contributed by atoms with Crippen molar-refractivity contribution in [3.8, 4) is 11.5 Å². The fraction of sp³-hybridized carbons (Fsp3) is 0.316. The predicted octanol–water partition coefficient (Wildman–Crippen LogP) is 2.87. The highest BCUT2D eigenvalue weighted by atomic mass is 35.5. The van der Waals surface area contributed by atoms with Crippen molar-refractivity contribution in [3.05, 3.63) is 60.2 Å². The van der Waals surface area contributed by atoms with Gasteiger partial charge in [0.2, 0.25) is 5.91 Å². The van der Waals surface area contributed by atoms with Crippen LogP contribution in [0.3, 0.4) is 0 Å². The summed E-state index contributed by atoms with van der Waals surface area (Å²) >= 11 is 0. The third kappa shape index (κ3) is 5.37. The molecule has 0 saturated carbocycles. The Balaban J connectivity index is 0.00000312. The van der Waals surface area contributed by atoms with Crippen molar-refractivity contribution >= 4 is 18.3 Å². The van der Waals surface area contributed by atoms with Gasteiger partial charge in [-0.2, -0.15) is 0 Å². The Morgan fingerprint density at radius 2 is 1.68 bits per heavy atom. The number of rotatable bonds is 7. The third-order valence-corrected chi connectivity index (χ3v) is 3.79. The number of carbonyl (C=O) groups is 1. The number of nitrogens with one attached hydrogen (secondary N) is 1. The van der Waals surface area contributed by atoms with E-state index in [1.54, 1.807) is 14.0 Å². The average molecular weight is 365 g/mol. The van der Waals surface area contributed by atoms with Crippen LogP contribution in [0.25, 0.3) is 0 Å². The Kier molecular flexibility index (Phi) is 7.74. The van der Waals surface area contributed by atoms with Crippen LogP contribution < -0.4 is 20.5 Å². The van der Waals surface area contributed by atoms with Gasteiger partial charge >= 0.3 is 0 Å². The van der Waals surface area contributed by atoms with Crippen LogP contribution in [0, 0.1) is 0 Å². The second-order valence-corrected chi connectivity index (χ2v) is 5.86. The minimum atomic E-state index is -1.09. The van der Waals surface area contributed by atoms with Gasteiger partial charge in [-0.25, -0.2) is 0 Å². The van der Waals surface area contributed by atoms with E-state index in [9.17, 15) is 4.79 Å². The lowest BCUT2D eigenvalue weighted by atomic mass is 9.92. The second-order valence-electron chi connectivity index (χ2n) is 5.86. The van der Waals surface area contributed by atoms with E-state index in [1.807, 2.05) is 61.5 Å². The highest BCUT2D eigenvalue weighted by Crippen LogP contribution is 2.26. The maximum absolute atomic E-state index is 12.4. The Hall–Kier alpha value is -2.24. The third-order valence-electron chi connectivity index (χ3n) is 3.79. The molecule has 0 radical (unpaired) electrons. The predicted molar refractivity (Wildman–Crippen MR) is 101 cm³/mol. The van der Waals surface area contributed by atoms with Gasteiger partial charge < -0.3 is 20.5 Å². The average Bonchev–Trinajstić information content (AvgIpc) is 2.60. The normalized spacial score (nSPS) is 13.8. The summed E-state index contributed by atoms with van der Waals surface area (Å²) in [4.78, 5) is 12.4. The van der Waals surface area contributed by atoms with E-state index >= 15 is 0 Å². The van der Waals surface area contributed by atoms with Gasteiger partial charge in [-0.05, 0) is 31.5 Å². The number of benzene rings is 2. The highest BCUT2D eigenvalue weighted by molar-refractivity contribution is 5.87. The fourth-order valence-electron chi connectivity index (χ4n) is 2.31. The van der Waals surface area contributed by atoms with Gasteiger partial charge in [0.1, 0.15) is 11.6 Å². The molecule has 0 aliphatic rings. The van der Waals surface area contributed by atoms with Crippen molar-refractivity contribution in [1.29, 1.82) is 0 Å². The molecule has 2 unspecified atom stereocenters. The number of hydrogen-bond donors (Lipinski definition) is 2. The quantitative estimate of drug-likeness (QED) is 0.792. The van der Waals surface area contributed by atoms with E-state index in [4.69, 9.17) is 15.2 Å². The van der Waals surface area contributed by atoms with Crippen molar-refractivity contribution in [3.63, 3.8) is 0 Å². The SMILES string of the molecule is COc1ccccc1OC(C)CNC(=O)C(C)(N)c1ccccc1.Cl. The molecule has 0 aromatic heterocycles. The van der Waals surface area contributed by atoms with Gasteiger partial charge in [0.05, 0.1) is 13.7 Å². The molecule has 25 heavy (non-hydrogen) atoms. The molecule has 136 valence electrons. The van der Waals surface area contributed by atoms with E-state index < -0.39 is 5.54 Å². The smallest absolute Gasteiger partial charge is 0.244 e.